The molecule has 0 spiro atoms. The minimum absolute atomic E-state index is 0.383. The molecule has 0 aliphatic heterocycles. The Morgan fingerprint density at radius 3 is 1.39 bits per heavy atom. The highest BCUT2D eigenvalue weighted by Gasteiger charge is 2.13. The Morgan fingerprint density at radius 1 is 0.500 bits per heavy atom. The summed E-state index contributed by atoms with van der Waals surface area (Å²) in [6, 6.07) is 0. The maximum Gasteiger partial charge on any atom is 0.222 e. The first-order chi connectivity index (χ1) is 17.6. The maximum absolute atomic E-state index is 12.8. The van der Waals surface area contributed by atoms with Gasteiger partial charge >= 0.3 is 0 Å². The molecule has 0 fully saturated rings. The third-order valence-electron chi connectivity index (χ3n) is 7.35. The van der Waals surface area contributed by atoms with E-state index < -0.39 is 0 Å². The molecule has 36 heavy (non-hydrogen) atoms. The number of amides is 1. The Hall–Kier alpha value is -0.830. The molecular formula is C33H66N2O. The minimum atomic E-state index is 0.383. The highest BCUT2D eigenvalue weighted by Crippen LogP contribution is 2.13. The van der Waals surface area contributed by atoms with Crippen molar-refractivity contribution < 1.29 is 4.79 Å². The van der Waals surface area contributed by atoms with Crippen LogP contribution in [0.2, 0.25) is 0 Å². The molecule has 0 bridgehead atoms. The highest BCUT2D eigenvalue weighted by atomic mass is 16.2. The van der Waals surface area contributed by atoms with Gasteiger partial charge in [-0.05, 0) is 52.6 Å². The lowest BCUT2D eigenvalue weighted by Crippen LogP contribution is -2.37. The molecule has 0 saturated heterocycles. The molecule has 0 aliphatic rings. The molecule has 1 amide bonds. The number of hydrogen-bond acceptors (Lipinski definition) is 2. The van der Waals surface area contributed by atoms with Crippen molar-refractivity contribution in [2.24, 2.45) is 0 Å². The molecule has 0 unspecified atom stereocenters. The fourth-order valence-corrected chi connectivity index (χ4v) is 4.80. The van der Waals surface area contributed by atoms with Crippen LogP contribution in [0, 0.1) is 0 Å². The summed E-state index contributed by atoms with van der Waals surface area (Å²) < 4.78 is 0. The summed E-state index contributed by atoms with van der Waals surface area (Å²) in [7, 11) is 4.20. The van der Waals surface area contributed by atoms with Gasteiger partial charge in [0.2, 0.25) is 5.91 Å². The monoisotopic (exact) mass is 507 g/mol. The first-order valence-electron chi connectivity index (χ1n) is 16.2. The second kappa shape index (κ2) is 28.7. The fraction of sp³-hybridized carbons (Fsp3) is 0.909. The molecule has 0 N–H and O–H groups in total. The molecule has 0 aromatic heterocycles. The molecule has 0 atom stereocenters. The van der Waals surface area contributed by atoms with Crippen LogP contribution in [0.1, 0.15) is 162 Å². The third kappa shape index (κ3) is 26.2. The van der Waals surface area contributed by atoms with Crippen LogP contribution in [0.5, 0.6) is 0 Å². The van der Waals surface area contributed by atoms with Crippen molar-refractivity contribution in [1.29, 1.82) is 0 Å². The summed E-state index contributed by atoms with van der Waals surface area (Å²) >= 11 is 0. The average Bonchev–Trinajstić information content (AvgIpc) is 2.86. The Labute approximate surface area is 227 Å². The maximum atomic E-state index is 12.8. The number of nitrogens with zero attached hydrogens (tertiary/aromatic N) is 2. The smallest absolute Gasteiger partial charge is 0.222 e. The van der Waals surface area contributed by atoms with E-state index in [4.69, 9.17) is 0 Å². The normalized spacial score (nSPS) is 11.7. The molecule has 0 heterocycles. The first-order valence-corrected chi connectivity index (χ1v) is 16.2. The van der Waals surface area contributed by atoms with Crippen molar-refractivity contribution in [1.82, 2.24) is 9.80 Å². The van der Waals surface area contributed by atoms with Gasteiger partial charge in [-0.25, -0.2) is 0 Å². The number of likely N-dealkylation sites (N-methyl/N-ethyl adjacent to an activating group) is 1. The van der Waals surface area contributed by atoms with Gasteiger partial charge in [-0.15, -0.1) is 0 Å². The lowest BCUT2D eigenvalue weighted by atomic mass is 10.1. The van der Waals surface area contributed by atoms with Crippen molar-refractivity contribution in [2.75, 3.05) is 33.7 Å². The van der Waals surface area contributed by atoms with E-state index >= 15 is 0 Å². The van der Waals surface area contributed by atoms with Crippen molar-refractivity contribution in [2.45, 2.75) is 162 Å². The summed E-state index contributed by atoms with van der Waals surface area (Å²) in [5.41, 5.74) is 0. The standard InChI is InChI=1S/C33H66N2O/c1-5-7-9-11-13-14-15-16-17-18-19-20-21-22-23-24-26-28-30-35(32-31-34(3)4)33(36)29-27-25-12-10-8-6-2/h16-17H,5-15,18-32H2,1-4H3. The summed E-state index contributed by atoms with van der Waals surface area (Å²) in [6.07, 6.45) is 34.6. The van der Waals surface area contributed by atoms with E-state index in [2.05, 4.69) is 49.9 Å². The van der Waals surface area contributed by atoms with Crippen LogP contribution in [0.15, 0.2) is 12.2 Å². The number of allylic oxidation sites excluding steroid dienone is 2. The quantitative estimate of drug-likeness (QED) is 0.0778. The van der Waals surface area contributed by atoms with E-state index in [1.54, 1.807) is 0 Å². The van der Waals surface area contributed by atoms with Crippen LogP contribution in [-0.2, 0) is 4.79 Å². The van der Waals surface area contributed by atoms with E-state index in [0.29, 0.717) is 5.91 Å². The topological polar surface area (TPSA) is 23.6 Å². The van der Waals surface area contributed by atoms with Crippen LogP contribution < -0.4 is 0 Å². The molecule has 0 aliphatic carbocycles. The van der Waals surface area contributed by atoms with Gasteiger partial charge in [-0.1, -0.05) is 129 Å². The number of unbranched alkanes of at least 4 members (excludes halogenated alkanes) is 19. The van der Waals surface area contributed by atoms with Crippen molar-refractivity contribution in [3.8, 4) is 0 Å². The summed E-state index contributed by atoms with van der Waals surface area (Å²) in [5, 5.41) is 0. The Morgan fingerprint density at radius 2 is 0.917 bits per heavy atom. The molecule has 0 saturated carbocycles. The molecular weight excluding hydrogens is 440 g/mol. The van der Waals surface area contributed by atoms with E-state index in [0.717, 1.165) is 32.5 Å². The molecule has 3 heteroatoms. The summed E-state index contributed by atoms with van der Waals surface area (Å²) in [6.45, 7) is 7.34. The SMILES string of the molecule is CCCCCCCCC=CCCCCCCCCCCN(CCN(C)C)C(=O)CCCCCCCC. The third-order valence-corrected chi connectivity index (χ3v) is 7.35. The van der Waals surface area contributed by atoms with Crippen LogP contribution in [0.3, 0.4) is 0 Å². The van der Waals surface area contributed by atoms with Gasteiger partial charge in [0.1, 0.15) is 0 Å². The zero-order valence-corrected chi connectivity index (χ0v) is 25.3. The molecule has 0 aromatic carbocycles. The second-order valence-corrected chi connectivity index (χ2v) is 11.3. The van der Waals surface area contributed by atoms with Gasteiger partial charge in [0.05, 0.1) is 0 Å². The summed E-state index contributed by atoms with van der Waals surface area (Å²) in [5.74, 6) is 0.383. The van der Waals surface area contributed by atoms with Crippen LogP contribution in [0.4, 0.5) is 0 Å². The Bertz CT molecular complexity index is 474. The molecule has 0 aromatic rings. The molecule has 0 radical (unpaired) electrons. The predicted molar refractivity (Wildman–Crippen MR) is 162 cm³/mol. The molecule has 0 rings (SSSR count). The molecule has 214 valence electrons. The van der Waals surface area contributed by atoms with Crippen LogP contribution in [-0.4, -0.2) is 49.4 Å². The lowest BCUT2D eigenvalue weighted by molar-refractivity contribution is -0.131. The van der Waals surface area contributed by atoms with Crippen LogP contribution in [0.25, 0.3) is 0 Å². The van der Waals surface area contributed by atoms with E-state index in [1.165, 1.54) is 135 Å². The number of hydrogen-bond donors (Lipinski definition) is 0. The first kappa shape index (κ1) is 35.2. The highest BCUT2D eigenvalue weighted by molar-refractivity contribution is 5.76. The van der Waals surface area contributed by atoms with E-state index in [1.807, 2.05) is 0 Å². The van der Waals surface area contributed by atoms with Gasteiger partial charge in [0, 0.05) is 26.1 Å². The van der Waals surface area contributed by atoms with E-state index in [9.17, 15) is 4.79 Å². The average molecular weight is 507 g/mol. The summed E-state index contributed by atoms with van der Waals surface area (Å²) in [4.78, 5) is 17.1. The zero-order chi connectivity index (χ0) is 26.5. The fourth-order valence-electron chi connectivity index (χ4n) is 4.80. The lowest BCUT2D eigenvalue weighted by Gasteiger charge is -2.24. The van der Waals surface area contributed by atoms with Gasteiger partial charge in [-0.2, -0.15) is 0 Å². The van der Waals surface area contributed by atoms with Gasteiger partial charge in [0.15, 0.2) is 0 Å². The minimum Gasteiger partial charge on any atom is -0.341 e. The Kier molecular flexibility index (Phi) is 28.1. The molecule has 3 nitrogen and oxygen atoms in total. The largest absolute Gasteiger partial charge is 0.341 e. The van der Waals surface area contributed by atoms with Crippen molar-refractivity contribution >= 4 is 5.91 Å². The van der Waals surface area contributed by atoms with Crippen molar-refractivity contribution in [3.63, 3.8) is 0 Å². The predicted octanol–water partition coefficient (Wildman–Crippen LogP) is 9.94. The van der Waals surface area contributed by atoms with Crippen LogP contribution >= 0.6 is 0 Å². The zero-order valence-electron chi connectivity index (χ0n) is 25.3. The number of rotatable bonds is 28. The van der Waals surface area contributed by atoms with Crippen molar-refractivity contribution in [3.05, 3.63) is 12.2 Å². The second-order valence-electron chi connectivity index (χ2n) is 11.3. The van der Waals surface area contributed by atoms with Gasteiger partial charge in [0.25, 0.3) is 0 Å². The number of carbonyl (C=O) groups excluding carboxylic acids is 1. The Balaban J connectivity index is 3.69. The number of carbonyl (C=O) groups is 1. The van der Waals surface area contributed by atoms with Gasteiger partial charge < -0.3 is 9.80 Å². The van der Waals surface area contributed by atoms with E-state index in [-0.39, 0.29) is 0 Å². The van der Waals surface area contributed by atoms with Gasteiger partial charge in [-0.3, -0.25) is 4.79 Å².